The lowest BCUT2D eigenvalue weighted by atomic mass is 9.91. The molecule has 0 radical (unpaired) electrons. The normalized spacial score (nSPS) is 32.2. The van der Waals surface area contributed by atoms with Crippen molar-refractivity contribution in [3.8, 4) is 0 Å². The zero-order chi connectivity index (χ0) is 17.1. The van der Waals surface area contributed by atoms with Crippen LogP contribution < -0.4 is 0 Å². The Bertz CT molecular complexity index is 541. The summed E-state index contributed by atoms with van der Waals surface area (Å²) >= 11 is 0. The Balaban J connectivity index is 1.64. The third-order valence-electron chi connectivity index (χ3n) is 5.31. The van der Waals surface area contributed by atoms with E-state index in [-0.39, 0.29) is 12.2 Å². The largest absolute Gasteiger partial charge is 0.352 e. The van der Waals surface area contributed by atoms with Crippen LogP contribution in [0, 0.1) is 29.3 Å². The fraction of sp³-hybridized carbons (Fsp3) is 0.684. The van der Waals surface area contributed by atoms with Crippen LogP contribution in [-0.2, 0) is 9.47 Å². The van der Waals surface area contributed by atoms with Crippen molar-refractivity contribution in [1.29, 1.82) is 0 Å². The van der Waals surface area contributed by atoms with Crippen LogP contribution >= 0.6 is 0 Å². The van der Waals surface area contributed by atoms with Crippen molar-refractivity contribution in [3.63, 3.8) is 0 Å². The minimum Gasteiger partial charge on any atom is -0.352 e. The van der Waals surface area contributed by atoms with E-state index in [2.05, 4.69) is 6.92 Å². The SMILES string of the molecule is CC1CCOC(C2CCCC(c3cc(F)c(F)c(F)c3)CC2)OC1. The predicted molar refractivity (Wildman–Crippen MR) is 85.1 cm³/mol. The van der Waals surface area contributed by atoms with Crippen LogP contribution in [0.2, 0.25) is 0 Å². The second-order valence-corrected chi connectivity index (χ2v) is 7.23. The summed E-state index contributed by atoms with van der Waals surface area (Å²) in [6.07, 6.45) is 5.34. The Morgan fingerprint density at radius 3 is 2.42 bits per heavy atom. The molecule has 2 fully saturated rings. The first-order valence-corrected chi connectivity index (χ1v) is 8.92. The van der Waals surface area contributed by atoms with E-state index >= 15 is 0 Å². The lowest BCUT2D eigenvalue weighted by molar-refractivity contribution is -0.162. The molecule has 2 aliphatic rings. The summed E-state index contributed by atoms with van der Waals surface area (Å²) in [6.45, 7) is 3.60. The van der Waals surface area contributed by atoms with Gasteiger partial charge in [-0.05, 0) is 61.6 Å². The Morgan fingerprint density at radius 1 is 0.917 bits per heavy atom. The van der Waals surface area contributed by atoms with Gasteiger partial charge in [0, 0.05) is 5.92 Å². The highest BCUT2D eigenvalue weighted by atomic mass is 19.2. The van der Waals surface area contributed by atoms with Crippen LogP contribution in [0.5, 0.6) is 0 Å². The second kappa shape index (κ2) is 7.87. The molecule has 0 amide bonds. The molecule has 1 aromatic carbocycles. The van der Waals surface area contributed by atoms with E-state index < -0.39 is 17.5 Å². The molecule has 0 bridgehead atoms. The molecular formula is C19H25F3O2. The van der Waals surface area contributed by atoms with Crippen molar-refractivity contribution in [3.05, 3.63) is 35.1 Å². The van der Waals surface area contributed by atoms with Gasteiger partial charge in [-0.3, -0.25) is 0 Å². The molecule has 134 valence electrons. The molecule has 3 rings (SSSR count). The molecule has 1 aliphatic carbocycles. The lowest BCUT2D eigenvalue weighted by Gasteiger charge is -2.25. The molecular weight excluding hydrogens is 317 g/mol. The fourth-order valence-electron chi connectivity index (χ4n) is 3.79. The molecule has 2 nitrogen and oxygen atoms in total. The highest BCUT2D eigenvalue weighted by Gasteiger charge is 2.30. The van der Waals surface area contributed by atoms with Crippen LogP contribution in [0.4, 0.5) is 13.2 Å². The van der Waals surface area contributed by atoms with Gasteiger partial charge in [-0.15, -0.1) is 0 Å². The van der Waals surface area contributed by atoms with Gasteiger partial charge in [0.15, 0.2) is 23.7 Å². The molecule has 1 heterocycles. The summed E-state index contributed by atoms with van der Waals surface area (Å²) in [6, 6.07) is 2.29. The van der Waals surface area contributed by atoms with E-state index in [0.717, 1.165) is 63.9 Å². The first-order valence-electron chi connectivity index (χ1n) is 8.92. The first-order chi connectivity index (χ1) is 11.5. The summed E-state index contributed by atoms with van der Waals surface area (Å²) < 4.78 is 51.9. The van der Waals surface area contributed by atoms with Gasteiger partial charge in [0.25, 0.3) is 0 Å². The van der Waals surface area contributed by atoms with Gasteiger partial charge in [-0.25, -0.2) is 13.2 Å². The molecule has 0 aromatic heterocycles. The van der Waals surface area contributed by atoms with Gasteiger partial charge < -0.3 is 9.47 Å². The maximum Gasteiger partial charge on any atom is 0.194 e. The number of hydrogen-bond acceptors (Lipinski definition) is 2. The average molecular weight is 342 g/mol. The van der Waals surface area contributed by atoms with E-state index in [1.165, 1.54) is 0 Å². The topological polar surface area (TPSA) is 18.5 Å². The summed E-state index contributed by atoms with van der Waals surface area (Å²) in [4.78, 5) is 0. The lowest BCUT2D eigenvalue weighted by Crippen LogP contribution is -2.26. The quantitative estimate of drug-likeness (QED) is 0.545. The number of rotatable bonds is 2. The summed E-state index contributed by atoms with van der Waals surface area (Å²) in [7, 11) is 0. The summed E-state index contributed by atoms with van der Waals surface area (Å²) in [5, 5.41) is 0. The van der Waals surface area contributed by atoms with Crippen LogP contribution in [0.25, 0.3) is 0 Å². The van der Waals surface area contributed by atoms with Crippen LogP contribution in [0.1, 0.15) is 56.9 Å². The average Bonchev–Trinajstić information content (AvgIpc) is 2.92. The van der Waals surface area contributed by atoms with E-state index in [1.807, 2.05) is 0 Å². The van der Waals surface area contributed by atoms with Crippen LogP contribution in [0.3, 0.4) is 0 Å². The molecule has 1 aromatic rings. The summed E-state index contributed by atoms with van der Waals surface area (Å²) in [5.74, 6) is -2.71. The van der Waals surface area contributed by atoms with Crippen LogP contribution in [0.15, 0.2) is 12.1 Å². The molecule has 4 atom stereocenters. The zero-order valence-corrected chi connectivity index (χ0v) is 14.1. The van der Waals surface area contributed by atoms with Crippen molar-refractivity contribution in [2.75, 3.05) is 13.2 Å². The monoisotopic (exact) mass is 342 g/mol. The Hall–Kier alpha value is -1.07. The maximum atomic E-state index is 13.5. The van der Waals surface area contributed by atoms with Crippen molar-refractivity contribution in [1.82, 2.24) is 0 Å². The predicted octanol–water partition coefficient (Wildman–Crippen LogP) is 5.17. The summed E-state index contributed by atoms with van der Waals surface area (Å²) in [5.41, 5.74) is 0.559. The van der Waals surface area contributed by atoms with E-state index in [0.29, 0.717) is 17.4 Å². The molecule has 1 saturated carbocycles. The van der Waals surface area contributed by atoms with Gasteiger partial charge in [0.1, 0.15) is 0 Å². The molecule has 1 saturated heterocycles. The standard InChI is InChI=1S/C19H25F3O2/c1-12-7-8-23-19(24-11-12)14-4-2-3-13(5-6-14)15-9-16(20)18(22)17(21)10-15/h9-10,12-14,19H,2-8,11H2,1H3. The Kier molecular flexibility index (Phi) is 5.82. The fourth-order valence-corrected chi connectivity index (χ4v) is 3.79. The molecule has 24 heavy (non-hydrogen) atoms. The van der Waals surface area contributed by atoms with Gasteiger partial charge in [0.2, 0.25) is 0 Å². The number of hydrogen-bond donors (Lipinski definition) is 0. The third kappa shape index (κ3) is 4.12. The van der Waals surface area contributed by atoms with Gasteiger partial charge in [-0.1, -0.05) is 13.3 Å². The first kappa shape index (κ1) is 17.7. The van der Waals surface area contributed by atoms with Gasteiger partial charge in [-0.2, -0.15) is 0 Å². The highest BCUT2D eigenvalue weighted by Crippen LogP contribution is 2.37. The highest BCUT2D eigenvalue weighted by molar-refractivity contribution is 5.23. The zero-order valence-electron chi connectivity index (χ0n) is 14.1. The van der Waals surface area contributed by atoms with E-state index in [1.54, 1.807) is 0 Å². The Labute approximate surface area is 141 Å². The third-order valence-corrected chi connectivity index (χ3v) is 5.31. The van der Waals surface area contributed by atoms with Crippen molar-refractivity contribution in [2.45, 2.75) is 57.7 Å². The van der Waals surface area contributed by atoms with Gasteiger partial charge >= 0.3 is 0 Å². The van der Waals surface area contributed by atoms with E-state index in [9.17, 15) is 13.2 Å². The minimum absolute atomic E-state index is 0.0595. The molecule has 5 heteroatoms. The van der Waals surface area contributed by atoms with Crippen molar-refractivity contribution in [2.24, 2.45) is 11.8 Å². The second-order valence-electron chi connectivity index (χ2n) is 7.23. The number of halogens is 3. The number of ether oxygens (including phenoxy) is 2. The molecule has 0 N–H and O–H groups in total. The molecule has 4 unspecified atom stereocenters. The maximum absolute atomic E-state index is 13.5. The molecule has 1 aliphatic heterocycles. The van der Waals surface area contributed by atoms with Crippen LogP contribution in [-0.4, -0.2) is 19.5 Å². The molecule has 0 spiro atoms. The Morgan fingerprint density at radius 2 is 1.67 bits per heavy atom. The van der Waals surface area contributed by atoms with Crippen molar-refractivity contribution < 1.29 is 22.6 Å². The minimum atomic E-state index is -1.39. The van der Waals surface area contributed by atoms with E-state index in [4.69, 9.17) is 9.47 Å². The van der Waals surface area contributed by atoms with Gasteiger partial charge in [0.05, 0.1) is 13.2 Å². The van der Waals surface area contributed by atoms with Crippen molar-refractivity contribution >= 4 is 0 Å². The smallest absolute Gasteiger partial charge is 0.194 e. The number of benzene rings is 1.